The van der Waals surface area contributed by atoms with Crippen molar-refractivity contribution in [3.05, 3.63) is 39.3 Å². The zero-order valence-corrected chi connectivity index (χ0v) is 13.6. The van der Waals surface area contributed by atoms with Crippen LogP contribution in [-0.2, 0) is 10.0 Å². The van der Waals surface area contributed by atoms with Gasteiger partial charge in [0.15, 0.2) is 5.13 Å². The number of thiazole rings is 1. The van der Waals surface area contributed by atoms with Crippen molar-refractivity contribution >= 4 is 60.1 Å². The van der Waals surface area contributed by atoms with E-state index in [-0.39, 0.29) is 10.0 Å². The molecule has 0 unspecified atom stereocenters. The first-order valence-electron chi connectivity index (χ1n) is 5.07. The Morgan fingerprint density at radius 1 is 1.30 bits per heavy atom. The molecule has 1 aromatic carbocycles. The van der Waals surface area contributed by atoms with Gasteiger partial charge in [0, 0.05) is 5.02 Å². The molecule has 2 rings (SSSR count). The molecule has 10 heteroatoms. The number of halogens is 2. The summed E-state index contributed by atoms with van der Waals surface area (Å²) in [4.78, 5) is 15.4. The van der Waals surface area contributed by atoms with Crippen molar-refractivity contribution in [1.29, 1.82) is 0 Å². The number of sulfonamides is 1. The third-order valence-corrected chi connectivity index (χ3v) is 5.04. The van der Waals surface area contributed by atoms with E-state index in [1.807, 2.05) is 4.72 Å². The number of urea groups is 1. The van der Waals surface area contributed by atoms with E-state index < -0.39 is 16.1 Å². The van der Waals surface area contributed by atoms with Crippen molar-refractivity contribution in [2.75, 3.05) is 5.32 Å². The van der Waals surface area contributed by atoms with E-state index in [1.54, 1.807) is 0 Å². The fourth-order valence-electron chi connectivity index (χ4n) is 1.23. The van der Waals surface area contributed by atoms with Crippen molar-refractivity contribution in [2.45, 2.75) is 4.90 Å². The van der Waals surface area contributed by atoms with Gasteiger partial charge >= 0.3 is 6.03 Å². The van der Waals surface area contributed by atoms with Crippen LogP contribution in [0.25, 0.3) is 0 Å². The minimum absolute atomic E-state index is 0.0580. The summed E-state index contributed by atoms with van der Waals surface area (Å²) in [5.74, 6) is 0. The zero-order valence-electron chi connectivity index (χ0n) is 9.63. The average molecular weight is 397 g/mol. The van der Waals surface area contributed by atoms with Gasteiger partial charge in [-0.05, 0) is 40.2 Å². The van der Waals surface area contributed by atoms with Crippen LogP contribution in [0.4, 0.5) is 9.93 Å². The Morgan fingerprint density at radius 3 is 2.50 bits per heavy atom. The fourth-order valence-corrected chi connectivity index (χ4v) is 3.36. The van der Waals surface area contributed by atoms with Gasteiger partial charge in [0.1, 0.15) is 0 Å². The van der Waals surface area contributed by atoms with E-state index in [9.17, 15) is 13.2 Å². The van der Waals surface area contributed by atoms with E-state index in [0.717, 1.165) is 11.3 Å². The topological polar surface area (TPSA) is 88.2 Å². The van der Waals surface area contributed by atoms with Gasteiger partial charge in [-0.2, -0.15) is 0 Å². The fraction of sp³-hybridized carbons (Fsp3) is 0. The monoisotopic (exact) mass is 395 g/mol. The summed E-state index contributed by atoms with van der Waals surface area (Å²) in [6, 6.07) is 4.56. The first-order chi connectivity index (χ1) is 9.37. The highest BCUT2D eigenvalue weighted by molar-refractivity contribution is 9.11. The second-order valence-electron chi connectivity index (χ2n) is 3.48. The van der Waals surface area contributed by atoms with Gasteiger partial charge in [-0.25, -0.2) is 22.9 Å². The number of rotatable bonds is 3. The Hall–Kier alpha value is -1.16. The maximum absolute atomic E-state index is 11.9. The Balaban J connectivity index is 2.08. The number of nitrogens with zero attached hydrogens (tertiary/aromatic N) is 1. The van der Waals surface area contributed by atoms with Gasteiger partial charge in [0.25, 0.3) is 10.0 Å². The molecule has 0 spiro atoms. The number of nitrogens with one attached hydrogen (secondary N) is 2. The summed E-state index contributed by atoms with van der Waals surface area (Å²) in [5.41, 5.74) is 0. The third-order valence-electron chi connectivity index (χ3n) is 2.05. The molecule has 2 aromatic rings. The number of anilines is 1. The molecule has 0 saturated heterocycles. The zero-order chi connectivity index (χ0) is 14.8. The van der Waals surface area contributed by atoms with Gasteiger partial charge in [-0.1, -0.05) is 22.9 Å². The highest BCUT2D eigenvalue weighted by atomic mass is 79.9. The maximum Gasteiger partial charge on any atom is 0.334 e. The lowest BCUT2D eigenvalue weighted by atomic mass is 10.4. The number of carbonyl (C=O) groups excluding carboxylic acids is 1. The van der Waals surface area contributed by atoms with Gasteiger partial charge in [-0.15, -0.1) is 0 Å². The standard InChI is InChI=1S/C10H7BrClN3O3S2/c11-8-5-13-10(19-8)14-9(16)15-20(17,18)7-3-1-6(12)2-4-7/h1-5H,(H2,13,14,15,16). The van der Waals surface area contributed by atoms with Crippen molar-refractivity contribution < 1.29 is 13.2 Å². The second kappa shape index (κ2) is 6.08. The molecule has 0 saturated carbocycles. The number of amides is 2. The van der Waals surface area contributed by atoms with Crippen molar-refractivity contribution in [1.82, 2.24) is 9.71 Å². The van der Waals surface area contributed by atoms with Crippen molar-refractivity contribution in [2.24, 2.45) is 0 Å². The Morgan fingerprint density at radius 2 is 1.95 bits per heavy atom. The lowest BCUT2D eigenvalue weighted by Crippen LogP contribution is -2.34. The predicted molar refractivity (Wildman–Crippen MR) is 80.6 cm³/mol. The first kappa shape index (κ1) is 15.2. The van der Waals surface area contributed by atoms with Crippen LogP contribution in [0.5, 0.6) is 0 Å². The van der Waals surface area contributed by atoms with Crippen molar-refractivity contribution in [3.8, 4) is 0 Å². The normalized spacial score (nSPS) is 11.1. The van der Waals surface area contributed by atoms with E-state index in [0.29, 0.717) is 8.81 Å². The lowest BCUT2D eigenvalue weighted by molar-refractivity contribution is 0.256. The van der Waals surface area contributed by atoms with E-state index in [4.69, 9.17) is 11.6 Å². The summed E-state index contributed by atoms with van der Waals surface area (Å²) in [5, 5.41) is 3.00. The molecule has 1 aromatic heterocycles. The van der Waals surface area contributed by atoms with Crippen LogP contribution in [0.3, 0.4) is 0 Å². The molecule has 2 N–H and O–H groups in total. The van der Waals surface area contributed by atoms with E-state index in [1.165, 1.54) is 30.5 Å². The van der Waals surface area contributed by atoms with E-state index in [2.05, 4.69) is 26.2 Å². The molecule has 0 atom stereocenters. The largest absolute Gasteiger partial charge is 0.334 e. The molecule has 6 nitrogen and oxygen atoms in total. The van der Waals surface area contributed by atoms with Crippen LogP contribution in [0.1, 0.15) is 0 Å². The number of hydrogen-bond donors (Lipinski definition) is 2. The molecule has 0 aliphatic heterocycles. The number of benzene rings is 1. The Bertz CT molecular complexity index is 730. The van der Waals surface area contributed by atoms with Crippen LogP contribution in [0.15, 0.2) is 39.1 Å². The summed E-state index contributed by atoms with van der Waals surface area (Å²) in [6.07, 6.45) is 1.49. The minimum Gasteiger partial charge on any atom is -0.283 e. The van der Waals surface area contributed by atoms with Gasteiger partial charge in [0.05, 0.1) is 14.9 Å². The van der Waals surface area contributed by atoms with Crippen LogP contribution < -0.4 is 10.0 Å². The molecule has 0 aliphatic carbocycles. The minimum atomic E-state index is -3.95. The third kappa shape index (κ3) is 3.92. The molecule has 0 radical (unpaired) electrons. The molecule has 20 heavy (non-hydrogen) atoms. The summed E-state index contributed by atoms with van der Waals surface area (Å²) < 4.78 is 26.4. The van der Waals surface area contributed by atoms with Gasteiger partial charge in [0.2, 0.25) is 0 Å². The summed E-state index contributed by atoms with van der Waals surface area (Å²) in [6.45, 7) is 0. The molecule has 1 heterocycles. The molecular weight excluding hydrogens is 390 g/mol. The molecule has 106 valence electrons. The predicted octanol–water partition coefficient (Wildman–Crippen LogP) is 3.07. The van der Waals surface area contributed by atoms with Gasteiger partial charge in [-0.3, -0.25) is 5.32 Å². The number of aromatic nitrogens is 1. The smallest absolute Gasteiger partial charge is 0.283 e. The molecule has 0 bridgehead atoms. The van der Waals surface area contributed by atoms with Crippen LogP contribution in [-0.4, -0.2) is 19.4 Å². The van der Waals surface area contributed by atoms with Gasteiger partial charge < -0.3 is 0 Å². The van der Waals surface area contributed by atoms with Crippen LogP contribution in [0.2, 0.25) is 5.02 Å². The van der Waals surface area contributed by atoms with Crippen molar-refractivity contribution in [3.63, 3.8) is 0 Å². The summed E-state index contributed by atoms with van der Waals surface area (Å²) >= 11 is 10.0. The van der Waals surface area contributed by atoms with Crippen LogP contribution >= 0.6 is 38.9 Å². The molecule has 0 fully saturated rings. The second-order valence-corrected chi connectivity index (χ2v) is 8.01. The molecule has 2 amide bonds. The summed E-state index contributed by atoms with van der Waals surface area (Å²) in [7, 11) is -3.95. The van der Waals surface area contributed by atoms with Crippen LogP contribution in [0, 0.1) is 0 Å². The number of carbonyl (C=O) groups is 1. The van der Waals surface area contributed by atoms with E-state index >= 15 is 0 Å². The average Bonchev–Trinajstić information content (AvgIpc) is 2.74. The maximum atomic E-state index is 11.9. The first-order valence-corrected chi connectivity index (χ1v) is 8.54. The lowest BCUT2D eigenvalue weighted by Gasteiger charge is -2.06. The highest BCUT2D eigenvalue weighted by Gasteiger charge is 2.18. The quantitative estimate of drug-likeness (QED) is 0.834. The molecular formula is C10H7BrClN3O3S2. The molecule has 0 aliphatic rings. The Labute approximate surface area is 132 Å². The SMILES string of the molecule is O=C(Nc1ncc(Br)s1)NS(=O)(=O)c1ccc(Cl)cc1. The highest BCUT2D eigenvalue weighted by Crippen LogP contribution is 2.23. The Kier molecular flexibility index (Phi) is 4.63. The number of hydrogen-bond acceptors (Lipinski definition) is 5.